The van der Waals surface area contributed by atoms with Crippen molar-refractivity contribution in [3.63, 3.8) is 0 Å². The molecule has 6 nitrogen and oxygen atoms in total. The molecule has 0 aliphatic heterocycles. The van der Waals surface area contributed by atoms with E-state index in [0.717, 1.165) is 10.4 Å². The van der Waals surface area contributed by atoms with E-state index in [1.807, 2.05) is 0 Å². The molecule has 0 fully saturated rings. The van der Waals surface area contributed by atoms with E-state index in [-0.39, 0.29) is 25.1 Å². The van der Waals surface area contributed by atoms with Gasteiger partial charge in [0.1, 0.15) is 22.4 Å². The number of halogens is 3. The molecule has 0 spiro atoms. The van der Waals surface area contributed by atoms with Crippen LogP contribution < -0.4 is 5.73 Å². The molecular weight excluding hydrogens is 393 g/mol. The smallest absolute Gasteiger partial charge is 0.245 e. The number of aromatic nitrogens is 2. The lowest BCUT2D eigenvalue weighted by atomic mass is 10.1. The molecule has 1 aromatic heterocycles. The number of aryl methyl sites for hydroxylation is 1. The number of allylic oxidation sites excluding steroid dienone is 1. The maximum absolute atomic E-state index is 14.5. The summed E-state index contributed by atoms with van der Waals surface area (Å²) in [6.45, 7) is 3.34. The first-order valence-corrected chi connectivity index (χ1v) is 9.91. The van der Waals surface area contributed by atoms with E-state index < -0.39 is 32.4 Å². The van der Waals surface area contributed by atoms with Gasteiger partial charge in [-0.2, -0.15) is 5.10 Å². The largest absolute Gasteiger partial charge is 0.327 e. The van der Waals surface area contributed by atoms with Crippen LogP contribution in [0.25, 0.3) is 0 Å². The Bertz CT molecular complexity index is 1010. The van der Waals surface area contributed by atoms with Crippen molar-refractivity contribution in [3.8, 4) is 0 Å². The Morgan fingerprint density at radius 1 is 1.25 bits per heavy atom. The molecule has 154 valence electrons. The molecule has 1 heterocycles. The van der Waals surface area contributed by atoms with Crippen molar-refractivity contribution in [2.75, 3.05) is 20.6 Å². The minimum atomic E-state index is -4.11. The first-order valence-electron chi connectivity index (χ1n) is 8.47. The van der Waals surface area contributed by atoms with Crippen molar-refractivity contribution >= 4 is 10.0 Å². The van der Waals surface area contributed by atoms with Gasteiger partial charge in [-0.15, -0.1) is 0 Å². The van der Waals surface area contributed by atoms with Gasteiger partial charge in [0.15, 0.2) is 0 Å². The topological polar surface area (TPSA) is 81.2 Å². The normalized spacial score (nSPS) is 12.8. The molecule has 0 radical (unpaired) electrons. The molecular formula is C18H23F3N4O2S. The van der Waals surface area contributed by atoms with Crippen LogP contribution >= 0.6 is 0 Å². The quantitative estimate of drug-likeness (QED) is 0.752. The van der Waals surface area contributed by atoms with E-state index >= 15 is 0 Å². The van der Waals surface area contributed by atoms with E-state index in [9.17, 15) is 21.6 Å². The Morgan fingerprint density at radius 2 is 1.89 bits per heavy atom. The lowest BCUT2D eigenvalue weighted by Crippen LogP contribution is -2.23. The number of nitrogens with zero attached hydrogens (tertiary/aromatic N) is 3. The minimum Gasteiger partial charge on any atom is -0.327 e. The van der Waals surface area contributed by atoms with Crippen LogP contribution in [0.3, 0.4) is 0 Å². The molecule has 1 aromatic carbocycles. The van der Waals surface area contributed by atoms with Crippen LogP contribution in [-0.4, -0.2) is 43.1 Å². The van der Waals surface area contributed by atoms with E-state index in [0.29, 0.717) is 23.0 Å². The summed E-state index contributed by atoms with van der Waals surface area (Å²) in [5, 5.41) is 4.26. The molecule has 2 aromatic rings. The number of benzene rings is 1. The van der Waals surface area contributed by atoms with Crippen molar-refractivity contribution in [1.82, 2.24) is 14.1 Å². The van der Waals surface area contributed by atoms with Gasteiger partial charge in [0, 0.05) is 43.9 Å². The van der Waals surface area contributed by atoms with Gasteiger partial charge >= 0.3 is 0 Å². The lowest BCUT2D eigenvalue weighted by molar-refractivity contribution is 0.499. The lowest BCUT2D eigenvalue weighted by Gasteiger charge is -2.14. The Morgan fingerprint density at radius 3 is 2.46 bits per heavy atom. The SMILES string of the molecule is Cc1nn(Cc2cc(F)c(S(=O)(=O)N(C)C)cc2F)c(C)c1CC(F)=CCN. The van der Waals surface area contributed by atoms with Crippen LogP contribution in [0.5, 0.6) is 0 Å². The standard InChI is InChI=1S/C18H23F3N4O2S/c1-11-15(8-14(19)5-6-22)12(2)25(23-11)10-13-7-17(21)18(9-16(13)20)28(26,27)24(3)4/h5,7,9H,6,8,10,22H2,1-4H3. The number of hydrogen-bond acceptors (Lipinski definition) is 4. The average molecular weight is 416 g/mol. The van der Waals surface area contributed by atoms with E-state index in [2.05, 4.69) is 5.10 Å². The highest BCUT2D eigenvalue weighted by Gasteiger charge is 2.24. The molecule has 28 heavy (non-hydrogen) atoms. The summed E-state index contributed by atoms with van der Waals surface area (Å²) in [6.07, 6.45) is 1.26. The van der Waals surface area contributed by atoms with Gasteiger partial charge in [0.2, 0.25) is 10.0 Å². The Kier molecular flexibility index (Phi) is 6.68. The number of rotatable bonds is 7. The maximum atomic E-state index is 14.5. The van der Waals surface area contributed by atoms with Crippen molar-refractivity contribution in [1.29, 1.82) is 0 Å². The summed E-state index contributed by atoms with van der Waals surface area (Å²) in [7, 11) is -1.65. The fraction of sp³-hybridized carbons (Fsp3) is 0.389. The molecule has 0 saturated carbocycles. The average Bonchev–Trinajstić information content (AvgIpc) is 2.85. The van der Waals surface area contributed by atoms with Gasteiger partial charge in [-0.1, -0.05) is 0 Å². The molecule has 0 atom stereocenters. The molecule has 0 aliphatic carbocycles. The predicted molar refractivity (Wildman–Crippen MR) is 100.0 cm³/mol. The van der Waals surface area contributed by atoms with Crippen LogP contribution in [0.2, 0.25) is 0 Å². The van der Waals surface area contributed by atoms with Crippen LogP contribution in [0.4, 0.5) is 13.2 Å². The van der Waals surface area contributed by atoms with Gasteiger partial charge in [-0.05, 0) is 32.1 Å². The summed E-state index contributed by atoms with van der Waals surface area (Å²) in [6, 6.07) is 1.51. The zero-order valence-corrected chi connectivity index (χ0v) is 16.9. The van der Waals surface area contributed by atoms with Gasteiger partial charge < -0.3 is 5.73 Å². The van der Waals surface area contributed by atoms with Crippen LogP contribution in [-0.2, 0) is 23.0 Å². The highest BCUT2D eigenvalue weighted by atomic mass is 32.2. The third kappa shape index (κ3) is 4.45. The summed E-state index contributed by atoms with van der Waals surface area (Å²) >= 11 is 0. The second kappa shape index (κ2) is 8.46. The number of nitrogens with two attached hydrogens (primary N) is 1. The molecule has 2 N–H and O–H groups in total. The zero-order chi connectivity index (χ0) is 21.2. The minimum absolute atomic E-state index is 0.00568. The van der Waals surface area contributed by atoms with Crippen molar-refractivity contribution in [2.45, 2.75) is 31.7 Å². The van der Waals surface area contributed by atoms with E-state index in [4.69, 9.17) is 5.73 Å². The Balaban J connectivity index is 2.40. The molecule has 10 heteroatoms. The van der Waals surface area contributed by atoms with Gasteiger partial charge in [0.25, 0.3) is 0 Å². The summed E-state index contributed by atoms with van der Waals surface area (Å²) in [4.78, 5) is -0.734. The second-order valence-corrected chi connectivity index (χ2v) is 8.65. The van der Waals surface area contributed by atoms with Crippen LogP contribution in [0.15, 0.2) is 28.9 Å². The number of hydrogen-bond donors (Lipinski definition) is 1. The first-order chi connectivity index (χ1) is 13.0. The second-order valence-electron chi connectivity index (χ2n) is 6.53. The van der Waals surface area contributed by atoms with Crippen molar-refractivity contribution in [2.24, 2.45) is 5.73 Å². The van der Waals surface area contributed by atoms with Crippen molar-refractivity contribution in [3.05, 3.63) is 58.2 Å². The fourth-order valence-electron chi connectivity index (χ4n) is 2.76. The highest BCUT2D eigenvalue weighted by Crippen LogP contribution is 2.24. The van der Waals surface area contributed by atoms with Gasteiger partial charge in [-0.3, -0.25) is 4.68 Å². The molecule has 0 amide bonds. The van der Waals surface area contributed by atoms with Gasteiger partial charge in [-0.25, -0.2) is 25.9 Å². The molecule has 0 bridgehead atoms. The summed E-state index contributed by atoms with van der Waals surface area (Å²) < 4.78 is 69.0. The third-order valence-corrected chi connectivity index (χ3v) is 6.23. The van der Waals surface area contributed by atoms with E-state index in [1.165, 1.54) is 24.9 Å². The third-order valence-electron chi connectivity index (χ3n) is 4.40. The van der Waals surface area contributed by atoms with Crippen LogP contribution in [0, 0.1) is 25.5 Å². The van der Waals surface area contributed by atoms with E-state index in [1.54, 1.807) is 13.8 Å². The summed E-state index contributed by atoms with van der Waals surface area (Å²) in [5.41, 5.74) is 7.03. The maximum Gasteiger partial charge on any atom is 0.245 e. The Labute approximate surface area is 162 Å². The molecule has 0 unspecified atom stereocenters. The molecule has 0 saturated heterocycles. The summed E-state index contributed by atoms with van der Waals surface area (Å²) in [5.74, 6) is -2.32. The highest BCUT2D eigenvalue weighted by molar-refractivity contribution is 7.89. The van der Waals surface area contributed by atoms with Gasteiger partial charge in [0.05, 0.1) is 12.2 Å². The zero-order valence-electron chi connectivity index (χ0n) is 16.1. The monoisotopic (exact) mass is 416 g/mol. The molecule has 0 aliphatic rings. The predicted octanol–water partition coefficient (Wildman–Crippen LogP) is 2.43. The number of sulfonamides is 1. The van der Waals surface area contributed by atoms with Crippen molar-refractivity contribution < 1.29 is 21.6 Å². The fourth-order valence-corrected chi connectivity index (χ4v) is 3.71. The molecule has 2 rings (SSSR count). The first kappa shape index (κ1) is 22.1. The Hall–Kier alpha value is -2.17. The van der Waals surface area contributed by atoms with Crippen LogP contribution in [0.1, 0.15) is 22.5 Å².